The molecule has 0 saturated carbocycles. The molecule has 0 fully saturated rings. The molecule has 1 unspecified atom stereocenters. The van der Waals surface area contributed by atoms with Gasteiger partial charge in [-0.15, -0.1) is 0 Å². The monoisotopic (exact) mass is 272 g/mol. The van der Waals surface area contributed by atoms with Crippen molar-refractivity contribution in [2.24, 2.45) is 0 Å². The Hall–Kier alpha value is 1.59. The minimum Gasteiger partial charge on any atom is -1.00 e. The van der Waals surface area contributed by atoms with Gasteiger partial charge in [0.05, 0.1) is 0 Å². The largest absolute Gasteiger partial charge is 3.00 e. The minimum absolute atomic E-state index is 0. The average Bonchev–Trinajstić information content (AvgIpc) is 1.00. The number of rotatable bonds is 0. The van der Waals surface area contributed by atoms with E-state index in [4.69, 9.17) is 4.79 Å². The van der Waals surface area contributed by atoms with Crippen molar-refractivity contribution in [3.8, 4) is 0 Å². The maximum absolute atomic E-state index is 8.00. The maximum atomic E-state index is 8.00. The molecule has 7 heavy (non-hydrogen) atoms. The summed E-state index contributed by atoms with van der Waals surface area (Å²) in [5.41, 5.74) is 0. The van der Waals surface area contributed by atoms with E-state index in [9.17, 15) is 0 Å². The van der Waals surface area contributed by atoms with Crippen LogP contribution in [0.2, 0.25) is 0 Å². The van der Waals surface area contributed by atoms with E-state index >= 15 is 0 Å². The van der Waals surface area contributed by atoms with Crippen LogP contribution in [0.1, 0.15) is 0 Å². The van der Waals surface area contributed by atoms with Crippen LogP contribution in [0.5, 0.6) is 0 Å². The number of hydrogen-bond donors (Lipinski definition) is 0. The zero-order valence-electron chi connectivity index (χ0n) is 3.29. The topological polar surface area (TPSA) is 17.1 Å². The van der Waals surface area contributed by atoms with Gasteiger partial charge in [0.1, 0.15) is 6.79 Å². The van der Waals surface area contributed by atoms with E-state index in [0.29, 0.717) is 0 Å². The molecule has 0 radical (unpaired) electrons. The Kier molecular flexibility index (Phi) is 1370. The normalized spacial score (nSPS) is 0.571. The Morgan fingerprint density at radius 1 is 0.857 bits per heavy atom. The van der Waals surface area contributed by atoms with Gasteiger partial charge >= 0.3 is 19.5 Å². The zero-order chi connectivity index (χ0) is 2.00. The van der Waals surface area contributed by atoms with E-state index in [0.717, 1.165) is 0 Å². The molecular formula is CH5Cl3OPRh. The van der Waals surface area contributed by atoms with E-state index in [2.05, 4.69) is 0 Å². The third kappa shape index (κ3) is 93.6. The van der Waals surface area contributed by atoms with Gasteiger partial charge in [0.15, 0.2) is 0 Å². The van der Waals surface area contributed by atoms with E-state index in [1.54, 1.807) is 0 Å². The van der Waals surface area contributed by atoms with Crippen LogP contribution in [0.3, 0.4) is 0 Å². The van der Waals surface area contributed by atoms with Gasteiger partial charge in [-0.3, -0.25) is 0 Å². The van der Waals surface area contributed by atoms with Crippen LogP contribution >= 0.6 is 9.90 Å². The van der Waals surface area contributed by atoms with Crippen LogP contribution in [0.25, 0.3) is 0 Å². The summed E-state index contributed by atoms with van der Waals surface area (Å²) in [7, 11) is 0. The summed E-state index contributed by atoms with van der Waals surface area (Å²) in [5, 5.41) is 0. The number of hydrogen-bond acceptors (Lipinski definition) is 1. The molecule has 0 aliphatic heterocycles. The fourth-order valence-electron chi connectivity index (χ4n) is 0. The molecule has 0 heterocycles. The van der Waals surface area contributed by atoms with E-state index in [-0.39, 0.29) is 66.6 Å². The summed E-state index contributed by atoms with van der Waals surface area (Å²) < 4.78 is 0. The SMILES string of the molecule is C=O.P.[Cl-].[Cl-].[Cl-].[Rh+3]. The number of carbonyl (C=O) groups excluding carboxylic acids is 1. The molecule has 0 bridgehead atoms. The Morgan fingerprint density at radius 2 is 0.857 bits per heavy atom. The molecule has 0 aliphatic carbocycles. The summed E-state index contributed by atoms with van der Waals surface area (Å²) in [5.74, 6) is 0. The Labute approximate surface area is 78.0 Å². The standard InChI is InChI=1S/CH2O.3ClH.H3P.Rh/c1-2;;;;;/h1H2;3*1H;1H3;/q;;;;;+3/p-3. The van der Waals surface area contributed by atoms with E-state index in [1.807, 2.05) is 6.79 Å². The Morgan fingerprint density at radius 3 is 0.857 bits per heavy atom. The summed E-state index contributed by atoms with van der Waals surface area (Å²) in [6.45, 7) is 2.00. The van der Waals surface area contributed by atoms with Crippen molar-refractivity contribution in [2.75, 3.05) is 0 Å². The third-order valence-electron chi connectivity index (χ3n) is 0. The first kappa shape index (κ1) is 73.7. The van der Waals surface area contributed by atoms with Crippen molar-refractivity contribution in [1.82, 2.24) is 0 Å². The minimum atomic E-state index is 0. The van der Waals surface area contributed by atoms with Crippen molar-refractivity contribution in [3.05, 3.63) is 0 Å². The molecule has 0 spiro atoms. The Bertz CT molecular complexity index is 14.9. The summed E-state index contributed by atoms with van der Waals surface area (Å²) in [6.07, 6.45) is 0. The van der Waals surface area contributed by atoms with Crippen molar-refractivity contribution >= 4 is 16.7 Å². The van der Waals surface area contributed by atoms with Crippen LogP contribution in [0, 0.1) is 0 Å². The van der Waals surface area contributed by atoms with Crippen LogP contribution in [-0.4, -0.2) is 6.79 Å². The second-order valence-corrected chi connectivity index (χ2v) is 0. The molecule has 0 saturated heterocycles. The smallest absolute Gasteiger partial charge is 1.00 e. The summed E-state index contributed by atoms with van der Waals surface area (Å²) >= 11 is 0. The molecule has 1 atom stereocenters. The molecule has 50 valence electrons. The second-order valence-electron chi connectivity index (χ2n) is 0. The van der Waals surface area contributed by atoms with Crippen LogP contribution in [0.15, 0.2) is 0 Å². The third-order valence-corrected chi connectivity index (χ3v) is 0. The van der Waals surface area contributed by atoms with Gasteiger partial charge in [0.2, 0.25) is 0 Å². The molecule has 0 aromatic rings. The molecule has 0 aromatic carbocycles. The van der Waals surface area contributed by atoms with Crippen LogP contribution < -0.4 is 37.2 Å². The van der Waals surface area contributed by atoms with Crippen molar-refractivity contribution in [2.45, 2.75) is 0 Å². The molecule has 6 heteroatoms. The summed E-state index contributed by atoms with van der Waals surface area (Å²) in [4.78, 5) is 8.00. The quantitative estimate of drug-likeness (QED) is 0.316. The first-order valence-electron chi connectivity index (χ1n) is 0.289. The molecule has 0 N–H and O–H groups in total. The number of halogens is 3. The maximum Gasteiger partial charge on any atom is 3.00 e. The molecular weight excluding hydrogens is 268 g/mol. The average molecular weight is 273 g/mol. The molecule has 0 rings (SSSR count). The fourth-order valence-corrected chi connectivity index (χ4v) is 0. The predicted molar refractivity (Wildman–Crippen MR) is 18.2 cm³/mol. The van der Waals surface area contributed by atoms with Gasteiger partial charge < -0.3 is 42.0 Å². The fraction of sp³-hybridized carbons (Fsp3) is 0. The van der Waals surface area contributed by atoms with Gasteiger partial charge in [-0.05, 0) is 0 Å². The summed E-state index contributed by atoms with van der Waals surface area (Å²) in [6, 6.07) is 0. The first-order chi connectivity index (χ1) is 1.00. The molecule has 1 nitrogen and oxygen atoms in total. The van der Waals surface area contributed by atoms with Gasteiger partial charge in [0.25, 0.3) is 0 Å². The number of carbonyl (C=O) groups is 1. The molecule has 0 aliphatic rings. The zero-order valence-corrected chi connectivity index (χ0v) is 8.61. The van der Waals surface area contributed by atoms with Crippen molar-refractivity contribution < 1.29 is 61.5 Å². The van der Waals surface area contributed by atoms with Gasteiger partial charge in [-0.25, -0.2) is 0 Å². The van der Waals surface area contributed by atoms with Crippen molar-refractivity contribution in [1.29, 1.82) is 0 Å². The second kappa shape index (κ2) is 130. The van der Waals surface area contributed by atoms with Crippen LogP contribution in [-0.2, 0) is 24.3 Å². The first-order valence-corrected chi connectivity index (χ1v) is 0.289. The van der Waals surface area contributed by atoms with Gasteiger partial charge in [0, 0.05) is 0 Å². The predicted octanol–water partition coefficient (Wildman–Crippen LogP) is -9.12. The van der Waals surface area contributed by atoms with E-state index in [1.165, 1.54) is 0 Å². The van der Waals surface area contributed by atoms with Gasteiger partial charge in [-0.1, -0.05) is 0 Å². The van der Waals surface area contributed by atoms with Gasteiger partial charge in [-0.2, -0.15) is 9.90 Å². The van der Waals surface area contributed by atoms with Crippen LogP contribution in [0.4, 0.5) is 0 Å². The van der Waals surface area contributed by atoms with Crippen molar-refractivity contribution in [3.63, 3.8) is 0 Å². The molecule has 0 aromatic heterocycles. The molecule has 0 amide bonds. The Balaban J connectivity index is -0.000000000500. The van der Waals surface area contributed by atoms with E-state index < -0.39 is 0 Å².